The maximum atomic E-state index is 12.5. The highest BCUT2D eigenvalue weighted by Crippen LogP contribution is 2.26. The van der Waals surface area contributed by atoms with E-state index in [4.69, 9.17) is 0 Å². The lowest BCUT2D eigenvalue weighted by molar-refractivity contribution is 0.102. The third-order valence-corrected chi connectivity index (χ3v) is 4.08. The Bertz CT molecular complexity index is 675. The maximum Gasteiger partial charge on any atom is 0.257 e. The summed E-state index contributed by atoms with van der Waals surface area (Å²) in [5.41, 5.74) is 2.47. The molecule has 2 aromatic rings. The number of carbonyl (C=O) groups is 1. The topological polar surface area (TPSA) is 42.0 Å². The van der Waals surface area contributed by atoms with Gasteiger partial charge in [0.15, 0.2) is 0 Å². The minimum absolute atomic E-state index is 0.0863. The standard InChI is InChI=1S/C17H19BrN2O/c1-11-14(18)9-10-15(19-11)20-16(21)12-7-5-6-8-13(12)17(2,3)4/h5-10H,1-4H3,(H,19,20,21). The molecule has 0 radical (unpaired) electrons. The largest absolute Gasteiger partial charge is 0.307 e. The van der Waals surface area contributed by atoms with Crippen molar-refractivity contribution in [2.24, 2.45) is 0 Å². The number of anilines is 1. The van der Waals surface area contributed by atoms with E-state index in [2.05, 4.69) is 47.0 Å². The van der Waals surface area contributed by atoms with Crippen molar-refractivity contribution in [2.45, 2.75) is 33.1 Å². The van der Waals surface area contributed by atoms with Gasteiger partial charge in [-0.25, -0.2) is 4.98 Å². The number of nitrogens with one attached hydrogen (secondary N) is 1. The van der Waals surface area contributed by atoms with Crippen LogP contribution in [0.3, 0.4) is 0 Å². The molecule has 0 bridgehead atoms. The number of rotatable bonds is 2. The second-order valence-electron chi connectivity index (χ2n) is 6.01. The highest BCUT2D eigenvalue weighted by Gasteiger charge is 2.21. The number of benzene rings is 1. The van der Waals surface area contributed by atoms with Crippen LogP contribution in [0.25, 0.3) is 0 Å². The summed E-state index contributed by atoms with van der Waals surface area (Å²) in [4.78, 5) is 16.9. The molecule has 0 saturated heterocycles. The van der Waals surface area contributed by atoms with E-state index in [1.807, 2.05) is 37.3 Å². The van der Waals surface area contributed by atoms with Gasteiger partial charge in [0.2, 0.25) is 0 Å². The Hall–Kier alpha value is -1.68. The molecule has 1 amide bonds. The Morgan fingerprint density at radius 1 is 1.14 bits per heavy atom. The average Bonchev–Trinajstić information content (AvgIpc) is 2.42. The summed E-state index contributed by atoms with van der Waals surface area (Å²) in [6, 6.07) is 11.4. The van der Waals surface area contributed by atoms with E-state index >= 15 is 0 Å². The molecule has 1 aromatic heterocycles. The summed E-state index contributed by atoms with van der Waals surface area (Å²) in [5.74, 6) is 0.430. The Morgan fingerprint density at radius 2 is 1.81 bits per heavy atom. The van der Waals surface area contributed by atoms with Gasteiger partial charge in [-0.05, 0) is 52.0 Å². The third-order valence-electron chi connectivity index (χ3n) is 3.24. The van der Waals surface area contributed by atoms with Gasteiger partial charge in [-0.15, -0.1) is 0 Å². The van der Waals surface area contributed by atoms with Crippen molar-refractivity contribution in [1.29, 1.82) is 0 Å². The van der Waals surface area contributed by atoms with E-state index in [-0.39, 0.29) is 11.3 Å². The van der Waals surface area contributed by atoms with Crippen LogP contribution >= 0.6 is 15.9 Å². The lowest BCUT2D eigenvalue weighted by Gasteiger charge is -2.22. The molecule has 2 rings (SSSR count). The number of pyridine rings is 1. The van der Waals surface area contributed by atoms with Gasteiger partial charge in [0, 0.05) is 10.0 Å². The van der Waals surface area contributed by atoms with Gasteiger partial charge in [-0.1, -0.05) is 39.0 Å². The number of aromatic nitrogens is 1. The Kier molecular flexibility index (Phi) is 4.47. The lowest BCUT2D eigenvalue weighted by Crippen LogP contribution is -2.21. The van der Waals surface area contributed by atoms with Crippen molar-refractivity contribution in [3.05, 3.63) is 57.7 Å². The number of halogens is 1. The molecule has 0 aliphatic carbocycles. The average molecular weight is 347 g/mol. The molecule has 3 nitrogen and oxygen atoms in total. The Morgan fingerprint density at radius 3 is 2.43 bits per heavy atom. The Balaban J connectivity index is 2.31. The van der Waals surface area contributed by atoms with Gasteiger partial charge in [-0.2, -0.15) is 0 Å². The first-order valence-corrected chi connectivity index (χ1v) is 7.62. The highest BCUT2D eigenvalue weighted by molar-refractivity contribution is 9.10. The molecular weight excluding hydrogens is 328 g/mol. The second kappa shape index (κ2) is 5.98. The quantitative estimate of drug-likeness (QED) is 0.855. The number of hydrogen-bond donors (Lipinski definition) is 1. The molecule has 1 N–H and O–H groups in total. The van der Waals surface area contributed by atoms with Gasteiger partial charge in [0.25, 0.3) is 5.91 Å². The van der Waals surface area contributed by atoms with Crippen LogP contribution in [0, 0.1) is 6.92 Å². The normalized spacial score (nSPS) is 11.3. The summed E-state index contributed by atoms with van der Waals surface area (Å²) >= 11 is 3.40. The van der Waals surface area contributed by atoms with Crippen LogP contribution in [-0.4, -0.2) is 10.9 Å². The van der Waals surface area contributed by atoms with Crippen molar-refractivity contribution < 1.29 is 4.79 Å². The van der Waals surface area contributed by atoms with Gasteiger partial charge in [0.1, 0.15) is 5.82 Å². The molecule has 0 aliphatic rings. The van der Waals surface area contributed by atoms with Crippen LogP contribution in [0.4, 0.5) is 5.82 Å². The fraction of sp³-hybridized carbons (Fsp3) is 0.294. The third kappa shape index (κ3) is 3.70. The van der Waals surface area contributed by atoms with E-state index in [1.165, 1.54) is 0 Å². The zero-order chi connectivity index (χ0) is 15.6. The minimum atomic E-state index is -0.130. The van der Waals surface area contributed by atoms with Crippen molar-refractivity contribution >= 4 is 27.7 Å². The SMILES string of the molecule is Cc1nc(NC(=O)c2ccccc2C(C)(C)C)ccc1Br. The number of hydrogen-bond acceptors (Lipinski definition) is 2. The van der Waals surface area contributed by atoms with E-state index in [1.54, 1.807) is 6.07 Å². The van der Waals surface area contributed by atoms with Gasteiger partial charge >= 0.3 is 0 Å². The molecule has 0 saturated carbocycles. The van der Waals surface area contributed by atoms with E-state index in [9.17, 15) is 4.79 Å². The predicted octanol–water partition coefficient (Wildman–Crippen LogP) is 4.70. The van der Waals surface area contributed by atoms with Crippen LogP contribution in [0.15, 0.2) is 40.9 Å². The predicted molar refractivity (Wildman–Crippen MR) is 89.8 cm³/mol. The monoisotopic (exact) mass is 346 g/mol. The molecule has 110 valence electrons. The van der Waals surface area contributed by atoms with Crippen molar-refractivity contribution in [1.82, 2.24) is 4.98 Å². The molecular formula is C17H19BrN2O. The molecule has 1 heterocycles. The lowest BCUT2D eigenvalue weighted by atomic mass is 9.83. The fourth-order valence-corrected chi connectivity index (χ4v) is 2.35. The zero-order valence-electron chi connectivity index (χ0n) is 12.7. The highest BCUT2D eigenvalue weighted by atomic mass is 79.9. The van der Waals surface area contributed by atoms with Crippen LogP contribution < -0.4 is 5.32 Å². The summed E-state index contributed by atoms with van der Waals surface area (Å²) < 4.78 is 0.926. The number of nitrogens with zero attached hydrogens (tertiary/aromatic N) is 1. The van der Waals surface area contributed by atoms with Crippen LogP contribution in [-0.2, 0) is 5.41 Å². The van der Waals surface area contributed by atoms with Crippen LogP contribution in [0.2, 0.25) is 0 Å². The van der Waals surface area contributed by atoms with Gasteiger partial charge < -0.3 is 5.32 Å². The smallest absolute Gasteiger partial charge is 0.257 e. The number of carbonyl (C=O) groups excluding carboxylic acids is 1. The van der Waals surface area contributed by atoms with Crippen molar-refractivity contribution in [2.75, 3.05) is 5.32 Å². The first-order chi connectivity index (χ1) is 9.79. The van der Waals surface area contributed by atoms with E-state index < -0.39 is 0 Å². The van der Waals surface area contributed by atoms with Gasteiger partial charge in [0.05, 0.1) is 5.69 Å². The molecule has 21 heavy (non-hydrogen) atoms. The number of aryl methyl sites for hydroxylation is 1. The number of amides is 1. The maximum absolute atomic E-state index is 12.5. The summed E-state index contributed by atoms with van der Waals surface area (Å²) in [6.45, 7) is 8.19. The summed E-state index contributed by atoms with van der Waals surface area (Å²) in [5, 5.41) is 2.87. The van der Waals surface area contributed by atoms with Gasteiger partial charge in [-0.3, -0.25) is 4.79 Å². The first kappa shape index (κ1) is 15.7. The van der Waals surface area contributed by atoms with E-state index in [0.717, 1.165) is 15.7 Å². The summed E-state index contributed by atoms with van der Waals surface area (Å²) in [6.07, 6.45) is 0. The van der Waals surface area contributed by atoms with Crippen molar-refractivity contribution in [3.63, 3.8) is 0 Å². The van der Waals surface area contributed by atoms with E-state index in [0.29, 0.717) is 11.4 Å². The molecule has 0 unspecified atom stereocenters. The minimum Gasteiger partial charge on any atom is -0.307 e. The molecule has 0 fully saturated rings. The Labute approximate surface area is 133 Å². The molecule has 4 heteroatoms. The zero-order valence-corrected chi connectivity index (χ0v) is 14.3. The molecule has 0 atom stereocenters. The fourth-order valence-electron chi connectivity index (χ4n) is 2.13. The molecule has 0 aliphatic heterocycles. The molecule has 0 spiro atoms. The van der Waals surface area contributed by atoms with Crippen molar-refractivity contribution in [3.8, 4) is 0 Å². The first-order valence-electron chi connectivity index (χ1n) is 6.83. The second-order valence-corrected chi connectivity index (χ2v) is 6.87. The summed E-state index contributed by atoms with van der Waals surface area (Å²) in [7, 11) is 0. The van der Waals surface area contributed by atoms with Crippen LogP contribution in [0.5, 0.6) is 0 Å². The molecule has 1 aromatic carbocycles. The van der Waals surface area contributed by atoms with Crippen LogP contribution in [0.1, 0.15) is 42.4 Å².